The molecule has 136 valence electrons. The number of ether oxygens (including phenoxy) is 1. The van der Waals surface area contributed by atoms with Crippen LogP contribution in [-0.2, 0) is 6.54 Å². The number of aromatic nitrogens is 4. The van der Waals surface area contributed by atoms with Crippen LogP contribution in [0.25, 0.3) is 10.9 Å². The molecule has 1 amide bonds. The number of nitrogens with zero attached hydrogens (tertiary/aromatic N) is 4. The maximum absolute atomic E-state index is 12.6. The SMILES string of the molecule is CCn1c(C)nnc1SCCNC(=O)c1cc(OC)nc2ccccc12. The molecule has 0 saturated heterocycles. The Balaban J connectivity index is 1.66. The summed E-state index contributed by atoms with van der Waals surface area (Å²) in [6.07, 6.45) is 0. The van der Waals surface area contributed by atoms with Gasteiger partial charge in [0.1, 0.15) is 5.82 Å². The average Bonchev–Trinajstić information content (AvgIpc) is 3.03. The van der Waals surface area contributed by atoms with Crippen LogP contribution in [0.4, 0.5) is 0 Å². The zero-order valence-corrected chi connectivity index (χ0v) is 15.8. The molecule has 7 nitrogen and oxygen atoms in total. The average molecular weight is 371 g/mol. The minimum atomic E-state index is -0.143. The van der Waals surface area contributed by atoms with Crippen molar-refractivity contribution in [1.82, 2.24) is 25.1 Å². The number of methoxy groups -OCH3 is 1. The lowest BCUT2D eigenvalue weighted by Crippen LogP contribution is -2.26. The lowest BCUT2D eigenvalue weighted by molar-refractivity contribution is 0.0957. The molecule has 0 radical (unpaired) electrons. The van der Waals surface area contributed by atoms with Gasteiger partial charge in [0.05, 0.1) is 18.2 Å². The van der Waals surface area contributed by atoms with Crippen LogP contribution in [0, 0.1) is 6.92 Å². The molecule has 2 heterocycles. The van der Waals surface area contributed by atoms with Crippen LogP contribution in [-0.4, -0.2) is 45.1 Å². The molecule has 0 aliphatic rings. The number of rotatable bonds is 7. The molecule has 0 unspecified atom stereocenters. The summed E-state index contributed by atoms with van der Waals surface area (Å²) in [5, 5.41) is 12.9. The highest BCUT2D eigenvalue weighted by Gasteiger charge is 2.13. The van der Waals surface area contributed by atoms with Gasteiger partial charge in [-0.1, -0.05) is 30.0 Å². The first-order valence-corrected chi connectivity index (χ1v) is 9.37. The van der Waals surface area contributed by atoms with Crippen molar-refractivity contribution in [1.29, 1.82) is 0 Å². The molecule has 26 heavy (non-hydrogen) atoms. The van der Waals surface area contributed by atoms with Gasteiger partial charge in [-0.25, -0.2) is 4.98 Å². The molecule has 1 aromatic carbocycles. The smallest absolute Gasteiger partial charge is 0.252 e. The normalized spacial score (nSPS) is 10.9. The summed E-state index contributed by atoms with van der Waals surface area (Å²) in [7, 11) is 1.54. The van der Waals surface area contributed by atoms with Crippen molar-refractivity contribution in [3.63, 3.8) is 0 Å². The zero-order chi connectivity index (χ0) is 18.5. The molecule has 0 aliphatic carbocycles. The molecule has 1 N–H and O–H groups in total. The van der Waals surface area contributed by atoms with E-state index in [0.717, 1.165) is 28.4 Å². The number of benzene rings is 1. The number of hydrogen-bond donors (Lipinski definition) is 1. The van der Waals surface area contributed by atoms with Crippen LogP contribution in [0.5, 0.6) is 5.88 Å². The van der Waals surface area contributed by atoms with Crippen LogP contribution in [0.1, 0.15) is 23.1 Å². The summed E-state index contributed by atoms with van der Waals surface area (Å²) in [5.41, 5.74) is 1.29. The molecule has 0 aliphatic heterocycles. The molecule has 0 atom stereocenters. The molecular formula is C18H21N5O2S. The van der Waals surface area contributed by atoms with E-state index in [1.807, 2.05) is 35.8 Å². The van der Waals surface area contributed by atoms with E-state index in [4.69, 9.17) is 4.74 Å². The highest BCUT2D eigenvalue weighted by molar-refractivity contribution is 7.99. The fourth-order valence-corrected chi connectivity index (χ4v) is 3.58. The number of fused-ring (bicyclic) bond motifs is 1. The largest absolute Gasteiger partial charge is 0.481 e. The molecule has 3 rings (SSSR count). The van der Waals surface area contributed by atoms with E-state index < -0.39 is 0 Å². The summed E-state index contributed by atoms with van der Waals surface area (Å²) in [6, 6.07) is 9.20. The number of carbonyl (C=O) groups excluding carboxylic acids is 1. The van der Waals surface area contributed by atoms with Crippen LogP contribution < -0.4 is 10.1 Å². The molecule has 0 saturated carbocycles. The van der Waals surface area contributed by atoms with E-state index in [0.29, 0.717) is 23.7 Å². The number of aryl methyl sites for hydroxylation is 1. The van der Waals surface area contributed by atoms with Gasteiger partial charge in [-0.2, -0.15) is 0 Å². The minimum absolute atomic E-state index is 0.143. The summed E-state index contributed by atoms with van der Waals surface area (Å²) in [5.74, 6) is 1.89. The van der Waals surface area contributed by atoms with Crippen molar-refractivity contribution < 1.29 is 9.53 Å². The second-order valence-electron chi connectivity index (χ2n) is 5.61. The molecular weight excluding hydrogens is 350 g/mol. The number of amides is 1. The monoisotopic (exact) mass is 371 g/mol. The Bertz CT molecular complexity index is 925. The van der Waals surface area contributed by atoms with Gasteiger partial charge < -0.3 is 14.6 Å². The molecule has 0 fully saturated rings. The van der Waals surface area contributed by atoms with Crippen molar-refractivity contribution in [2.75, 3.05) is 19.4 Å². The first-order chi connectivity index (χ1) is 12.6. The number of nitrogens with one attached hydrogen (secondary N) is 1. The third-order valence-corrected chi connectivity index (χ3v) is 4.95. The summed E-state index contributed by atoms with van der Waals surface area (Å²) in [6.45, 7) is 5.35. The Morgan fingerprint density at radius 1 is 1.31 bits per heavy atom. The predicted octanol–water partition coefficient (Wildman–Crippen LogP) is 2.69. The van der Waals surface area contributed by atoms with Gasteiger partial charge in [0.15, 0.2) is 5.16 Å². The molecule has 0 spiro atoms. The molecule has 0 bridgehead atoms. The van der Waals surface area contributed by atoms with Crippen LogP contribution in [0.2, 0.25) is 0 Å². The van der Waals surface area contributed by atoms with Crippen molar-refractivity contribution in [3.05, 3.63) is 41.7 Å². The standard InChI is InChI=1S/C18H21N5O2S/c1-4-23-12(2)21-22-18(23)26-10-9-19-17(24)14-11-16(25-3)20-15-8-6-5-7-13(14)15/h5-8,11H,4,9-10H2,1-3H3,(H,19,24). The first kappa shape index (κ1) is 18.2. The Morgan fingerprint density at radius 2 is 2.12 bits per heavy atom. The maximum Gasteiger partial charge on any atom is 0.252 e. The Labute approximate surface area is 156 Å². The summed E-state index contributed by atoms with van der Waals surface area (Å²) >= 11 is 1.58. The first-order valence-electron chi connectivity index (χ1n) is 8.38. The second-order valence-corrected chi connectivity index (χ2v) is 6.67. The quantitative estimate of drug-likeness (QED) is 0.508. The highest BCUT2D eigenvalue weighted by atomic mass is 32.2. The lowest BCUT2D eigenvalue weighted by atomic mass is 10.1. The van der Waals surface area contributed by atoms with Gasteiger partial charge in [0.25, 0.3) is 5.91 Å². The third kappa shape index (κ3) is 3.80. The second kappa shape index (κ2) is 8.18. The number of carbonyl (C=O) groups is 1. The van der Waals surface area contributed by atoms with Crippen molar-refractivity contribution in [2.24, 2.45) is 0 Å². The van der Waals surface area contributed by atoms with Gasteiger partial charge in [0.2, 0.25) is 5.88 Å². The van der Waals surface area contributed by atoms with E-state index in [1.165, 1.54) is 0 Å². The van der Waals surface area contributed by atoms with E-state index in [2.05, 4.69) is 27.4 Å². The van der Waals surface area contributed by atoms with E-state index >= 15 is 0 Å². The van der Waals surface area contributed by atoms with Gasteiger partial charge in [-0.05, 0) is 19.9 Å². The van der Waals surface area contributed by atoms with Crippen LogP contribution >= 0.6 is 11.8 Å². The van der Waals surface area contributed by atoms with Crippen molar-refractivity contribution in [2.45, 2.75) is 25.5 Å². The van der Waals surface area contributed by atoms with Crippen LogP contribution in [0.3, 0.4) is 0 Å². The van der Waals surface area contributed by atoms with E-state index in [1.54, 1.807) is 24.9 Å². The van der Waals surface area contributed by atoms with Crippen molar-refractivity contribution in [3.8, 4) is 5.88 Å². The Hall–Kier alpha value is -2.61. The van der Waals surface area contributed by atoms with Gasteiger partial charge in [0, 0.05) is 30.3 Å². The fraction of sp³-hybridized carbons (Fsp3) is 0.333. The number of para-hydroxylation sites is 1. The maximum atomic E-state index is 12.6. The number of pyridine rings is 1. The number of thioether (sulfide) groups is 1. The van der Waals surface area contributed by atoms with Crippen molar-refractivity contribution >= 4 is 28.6 Å². The van der Waals surface area contributed by atoms with Gasteiger partial charge in [-0.15, -0.1) is 10.2 Å². The molecule has 3 aromatic rings. The zero-order valence-electron chi connectivity index (χ0n) is 15.0. The lowest BCUT2D eigenvalue weighted by Gasteiger charge is -2.10. The number of hydrogen-bond acceptors (Lipinski definition) is 6. The Morgan fingerprint density at radius 3 is 2.88 bits per heavy atom. The fourth-order valence-electron chi connectivity index (χ4n) is 2.68. The van der Waals surface area contributed by atoms with Gasteiger partial charge in [-0.3, -0.25) is 4.79 Å². The van der Waals surface area contributed by atoms with E-state index in [-0.39, 0.29) is 5.91 Å². The highest BCUT2D eigenvalue weighted by Crippen LogP contribution is 2.22. The minimum Gasteiger partial charge on any atom is -0.481 e. The molecule has 8 heteroatoms. The Kier molecular flexibility index (Phi) is 5.72. The summed E-state index contributed by atoms with van der Waals surface area (Å²) < 4.78 is 7.26. The summed E-state index contributed by atoms with van der Waals surface area (Å²) in [4.78, 5) is 17.0. The predicted molar refractivity (Wildman–Crippen MR) is 102 cm³/mol. The van der Waals surface area contributed by atoms with Crippen LogP contribution in [0.15, 0.2) is 35.5 Å². The topological polar surface area (TPSA) is 81.9 Å². The molecule has 2 aromatic heterocycles. The van der Waals surface area contributed by atoms with Gasteiger partial charge >= 0.3 is 0 Å². The third-order valence-electron chi connectivity index (χ3n) is 3.98. The van der Waals surface area contributed by atoms with E-state index in [9.17, 15) is 4.79 Å².